The molecule has 2 aromatic rings. The van der Waals surface area contributed by atoms with Crippen molar-refractivity contribution in [3.8, 4) is 0 Å². The molecule has 0 bridgehead atoms. The SMILES string of the molecule is O=C(O)N1CCC(COC(=O)C(O)(c2ccccc2)c2ccsc2)CC1. The van der Waals surface area contributed by atoms with Crippen LogP contribution in [0.2, 0.25) is 0 Å². The summed E-state index contributed by atoms with van der Waals surface area (Å²) in [5.41, 5.74) is -0.897. The molecule has 0 radical (unpaired) electrons. The summed E-state index contributed by atoms with van der Waals surface area (Å²) in [7, 11) is 0. The number of rotatable bonds is 5. The summed E-state index contributed by atoms with van der Waals surface area (Å²) in [5, 5.41) is 23.7. The number of amides is 1. The molecule has 1 atom stereocenters. The molecule has 1 aromatic heterocycles. The fraction of sp³-hybridized carbons (Fsp3) is 0.368. The lowest BCUT2D eigenvalue weighted by Gasteiger charge is -2.31. The van der Waals surface area contributed by atoms with Crippen LogP contribution in [-0.4, -0.2) is 46.9 Å². The fourth-order valence-corrected chi connectivity index (χ4v) is 3.84. The van der Waals surface area contributed by atoms with Crippen LogP contribution >= 0.6 is 11.3 Å². The molecule has 138 valence electrons. The van der Waals surface area contributed by atoms with Crippen LogP contribution in [0.1, 0.15) is 24.0 Å². The van der Waals surface area contributed by atoms with E-state index in [-0.39, 0.29) is 12.5 Å². The number of esters is 1. The van der Waals surface area contributed by atoms with Crippen LogP contribution in [-0.2, 0) is 15.1 Å². The highest BCUT2D eigenvalue weighted by atomic mass is 32.1. The Morgan fingerprint density at radius 2 is 1.85 bits per heavy atom. The van der Waals surface area contributed by atoms with Crippen LogP contribution in [0.15, 0.2) is 47.2 Å². The van der Waals surface area contributed by atoms with Crippen LogP contribution < -0.4 is 0 Å². The van der Waals surface area contributed by atoms with Crippen LogP contribution in [0.4, 0.5) is 4.79 Å². The molecule has 1 amide bonds. The first kappa shape index (κ1) is 18.4. The number of nitrogens with zero attached hydrogens (tertiary/aromatic N) is 1. The van der Waals surface area contributed by atoms with Crippen molar-refractivity contribution in [3.63, 3.8) is 0 Å². The Bertz CT molecular complexity index is 741. The highest BCUT2D eigenvalue weighted by molar-refractivity contribution is 7.08. The van der Waals surface area contributed by atoms with Crippen LogP contribution in [0.3, 0.4) is 0 Å². The molecule has 1 saturated heterocycles. The summed E-state index contributed by atoms with van der Waals surface area (Å²) in [6, 6.07) is 10.5. The maximum Gasteiger partial charge on any atom is 0.407 e. The van der Waals surface area contributed by atoms with Crippen molar-refractivity contribution in [1.29, 1.82) is 0 Å². The second-order valence-electron chi connectivity index (χ2n) is 6.40. The van der Waals surface area contributed by atoms with Gasteiger partial charge in [-0.3, -0.25) is 0 Å². The molecule has 3 rings (SSSR count). The second-order valence-corrected chi connectivity index (χ2v) is 7.18. The van der Waals surface area contributed by atoms with Gasteiger partial charge in [-0.05, 0) is 41.1 Å². The average Bonchev–Trinajstić information content (AvgIpc) is 3.21. The van der Waals surface area contributed by atoms with Gasteiger partial charge in [-0.2, -0.15) is 11.3 Å². The number of likely N-dealkylation sites (tertiary alicyclic amines) is 1. The number of hydrogen-bond acceptors (Lipinski definition) is 5. The predicted molar refractivity (Wildman–Crippen MR) is 97.0 cm³/mol. The van der Waals surface area contributed by atoms with E-state index in [9.17, 15) is 14.7 Å². The largest absolute Gasteiger partial charge is 0.465 e. The maximum atomic E-state index is 12.8. The van der Waals surface area contributed by atoms with Gasteiger partial charge in [0.25, 0.3) is 0 Å². The van der Waals surface area contributed by atoms with Crippen molar-refractivity contribution in [3.05, 3.63) is 58.3 Å². The minimum atomic E-state index is -1.84. The van der Waals surface area contributed by atoms with E-state index >= 15 is 0 Å². The molecule has 0 saturated carbocycles. The molecule has 2 N–H and O–H groups in total. The van der Waals surface area contributed by atoms with Gasteiger partial charge in [-0.15, -0.1) is 0 Å². The van der Waals surface area contributed by atoms with Gasteiger partial charge in [0, 0.05) is 18.7 Å². The van der Waals surface area contributed by atoms with Gasteiger partial charge in [0.15, 0.2) is 0 Å². The van der Waals surface area contributed by atoms with E-state index in [0.29, 0.717) is 37.1 Å². The predicted octanol–water partition coefficient (Wildman–Crippen LogP) is 2.92. The maximum absolute atomic E-state index is 12.8. The Kier molecular flexibility index (Phi) is 5.58. The molecule has 1 fully saturated rings. The van der Waals surface area contributed by atoms with E-state index in [1.165, 1.54) is 16.2 Å². The zero-order valence-corrected chi connectivity index (χ0v) is 15.0. The first-order valence-electron chi connectivity index (χ1n) is 8.47. The van der Waals surface area contributed by atoms with Gasteiger partial charge in [-0.1, -0.05) is 30.3 Å². The van der Waals surface area contributed by atoms with Crippen molar-refractivity contribution < 1.29 is 24.5 Å². The van der Waals surface area contributed by atoms with Gasteiger partial charge < -0.3 is 19.8 Å². The quantitative estimate of drug-likeness (QED) is 0.785. The zero-order chi connectivity index (χ0) is 18.6. The van der Waals surface area contributed by atoms with Gasteiger partial charge in [0.05, 0.1) is 6.61 Å². The highest BCUT2D eigenvalue weighted by Gasteiger charge is 2.42. The monoisotopic (exact) mass is 375 g/mol. The summed E-state index contributed by atoms with van der Waals surface area (Å²) in [6.07, 6.45) is 0.361. The third-order valence-corrected chi connectivity index (χ3v) is 5.44. The minimum absolute atomic E-state index is 0.0945. The molecular formula is C19H21NO5S. The van der Waals surface area contributed by atoms with E-state index in [0.717, 1.165) is 0 Å². The van der Waals surface area contributed by atoms with Gasteiger partial charge in [-0.25, -0.2) is 9.59 Å². The van der Waals surface area contributed by atoms with Crippen molar-refractivity contribution in [2.75, 3.05) is 19.7 Å². The first-order chi connectivity index (χ1) is 12.5. The van der Waals surface area contributed by atoms with Crippen molar-refractivity contribution in [1.82, 2.24) is 4.90 Å². The van der Waals surface area contributed by atoms with E-state index in [4.69, 9.17) is 9.84 Å². The number of ether oxygens (including phenoxy) is 1. The molecule has 1 aliphatic rings. The molecule has 1 aromatic carbocycles. The van der Waals surface area contributed by atoms with E-state index in [2.05, 4.69) is 0 Å². The number of thiophene rings is 1. The number of carbonyl (C=O) groups excluding carboxylic acids is 1. The van der Waals surface area contributed by atoms with Gasteiger partial charge >= 0.3 is 12.1 Å². The molecule has 0 spiro atoms. The lowest BCUT2D eigenvalue weighted by molar-refractivity contribution is -0.164. The molecule has 2 heterocycles. The molecule has 26 heavy (non-hydrogen) atoms. The van der Waals surface area contributed by atoms with Crippen molar-refractivity contribution in [2.24, 2.45) is 5.92 Å². The summed E-state index contributed by atoms with van der Waals surface area (Å²) >= 11 is 1.40. The zero-order valence-electron chi connectivity index (χ0n) is 14.2. The molecular weight excluding hydrogens is 354 g/mol. The summed E-state index contributed by atoms with van der Waals surface area (Å²) < 4.78 is 5.47. The lowest BCUT2D eigenvalue weighted by atomic mass is 9.88. The molecule has 6 nitrogen and oxygen atoms in total. The Labute approximate surface area is 155 Å². The van der Waals surface area contributed by atoms with Gasteiger partial charge in [0.1, 0.15) is 0 Å². The topological polar surface area (TPSA) is 87.1 Å². The average molecular weight is 375 g/mol. The number of aliphatic hydroxyl groups is 1. The molecule has 0 aliphatic carbocycles. The number of benzene rings is 1. The third-order valence-electron chi connectivity index (χ3n) is 4.76. The molecule has 7 heteroatoms. The Hall–Kier alpha value is -2.38. The van der Waals surface area contributed by atoms with E-state index < -0.39 is 17.7 Å². The normalized spacial score (nSPS) is 17.5. The summed E-state index contributed by atoms with van der Waals surface area (Å²) in [5.74, 6) is -0.611. The van der Waals surface area contributed by atoms with Crippen molar-refractivity contribution >= 4 is 23.4 Å². The van der Waals surface area contributed by atoms with E-state index in [1.54, 1.807) is 41.1 Å². The van der Waals surface area contributed by atoms with Crippen LogP contribution in [0, 0.1) is 5.92 Å². The summed E-state index contributed by atoms with van der Waals surface area (Å²) in [4.78, 5) is 25.1. The number of hydrogen-bond donors (Lipinski definition) is 2. The van der Waals surface area contributed by atoms with Crippen LogP contribution in [0.25, 0.3) is 0 Å². The third kappa shape index (κ3) is 3.73. The fourth-order valence-electron chi connectivity index (χ4n) is 3.14. The Morgan fingerprint density at radius 1 is 1.15 bits per heavy atom. The molecule has 1 unspecified atom stereocenters. The van der Waals surface area contributed by atoms with E-state index in [1.807, 2.05) is 6.07 Å². The number of carbonyl (C=O) groups is 2. The first-order valence-corrected chi connectivity index (χ1v) is 9.41. The highest BCUT2D eigenvalue weighted by Crippen LogP contribution is 2.33. The minimum Gasteiger partial charge on any atom is -0.465 e. The van der Waals surface area contributed by atoms with Crippen molar-refractivity contribution in [2.45, 2.75) is 18.4 Å². The lowest BCUT2D eigenvalue weighted by Crippen LogP contribution is -2.41. The van der Waals surface area contributed by atoms with Crippen LogP contribution in [0.5, 0.6) is 0 Å². The Morgan fingerprint density at radius 3 is 2.42 bits per heavy atom. The standard InChI is InChI=1S/C19H21NO5S/c21-17(25-12-14-6-9-20(10-7-14)18(22)23)19(24,16-8-11-26-13-16)15-4-2-1-3-5-15/h1-5,8,11,13-14,24H,6-7,9-10,12H2,(H,22,23). The number of carboxylic acid groups (broad SMARTS) is 1. The smallest absolute Gasteiger partial charge is 0.407 e. The number of piperidine rings is 1. The molecule has 1 aliphatic heterocycles. The second kappa shape index (κ2) is 7.88. The van der Waals surface area contributed by atoms with Gasteiger partial charge in [0.2, 0.25) is 5.60 Å². The Balaban J connectivity index is 1.69. The summed E-state index contributed by atoms with van der Waals surface area (Å²) in [6.45, 7) is 1.04.